The minimum atomic E-state index is -0.270. The summed E-state index contributed by atoms with van der Waals surface area (Å²) in [5.74, 6) is 0.928. The van der Waals surface area contributed by atoms with Crippen molar-refractivity contribution in [1.82, 2.24) is 24.8 Å². The smallest absolute Gasteiger partial charge is 0.325 e. The van der Waals surface area contributed by atoms with Crippen molar-refractivity contribution in [2.75, 3.05) is 32.8 Å². The zero-order chi connectivity index (χ0) is 21.9. The summed E-state index contributed by atoms with van der Waals surface area (Å²) < 4.78 is 5.86. The Hall–Kier alpha value is -3.17. The van der Waals surface area contributed by atoms with Crippen molar-refractivity contribution in [2.24, 2.45) is 0 Å². The third-order valence-corrected chi connectivity index (χ3v) is 6.62. The molecular formula is C23H25N5O3S. The van der Waals surface area contributed by atoms with Gasteiger partial charge < -0.3 is 14.6 Å². The van der Waals surface area contributed by atoms with E-state index in [0.29, 0.717) is 30.6 Å². The molecule has 1 fully saturated rings. The maximum atomic E-state index is 12.5. The van der Waals surface area contributed by atoms with Crippen LogP contribution in [0.4, 0.5) is 0 Å². The third-order valence-electron chi connectivity index (χ3n) is 5.75. The highest BCUT2D eigenvalue weighted by Gasteiger charge is 2.21. The van der Waals surface area contributed by atoms with Gasteiger partial charge in [0, 0.05) is 49.4 Å². The number of benzene rings is 1. The van der Waals surface area contributed by atoms with Gasteiger partial charge in [-0.05, 0) is 42.1 Å². The fourth-order valence-electron chi connectivity index (χ4n) is 4.05. The number of hydrogen-bond acceptors (Lipinski definition) is 6. The first-order chi connectivity index (χ1) is 15.6. The van der Waals surface area contributed by atoms with Crippen LogP contribution in [0.2, 0.25) is 0 Å². The van der Waals surface area contributed by atoms with E-state index in [1.54, 1.807) is 11.3 Å². The van der Waals surface area contributed by atoms with Crippen molar-refractivity contribution in [3.63, 3.8) is 0 Å². The molecule has 0 radical (unpaired) electrons. The molecule has 4 heterocycles. The molecule has 8 nitrogen and oxygen atoms in total. The van der Waals surface area contributed by atoms with Crippen molar-refractivity contribution >= 4 is 39.3 Å². The van der Waals surface area contributed by atoms with Crippen LogP contribution in [-0.4, -0.2) is 63.4 Å². The number of imidazole rings is 1. The van der Waals surface area contributed by atoms with Crippen LogP contribution in [-0.2, 0) is 11.3 Å². The minimum Gasteiger partial charge on any atom is -0.494 e. The molecule has 1 aliphatic heterocycles. The van der Waals surface area contributed by atoms with E-state index in [9.17, 15) is 9.59 Å². The number of nitrogens with zero attached hydrogens (tertiary/aromatic N) is 3. The Morgan fingerprint density at radius 2 is 2.00 bits per heavy atom. The zero-order valence-electron chi connectivity index (χ0n) is 17.7. The third kappa shape index (κ3) is 4.68. The number of rotatable bonds is 7. The van der Waals surface area contributed by atoms with Gasteiger partial charge in [-0.25, -0.2) is 9.78 Å². The van der Waals surface area contributed by atoms with Gasteiger partial charge in [0.2, 0.25) is 5.91 Å². The largest absolute Gasteiger partial charge is 0.494 e. The Kier molecular flexibility index (Phi) is 5.91. The maximum Gasteiger partial charge on any atom is 0.325 e. The summed E-state index contributed by atoms with van der Waals surface area (Å²) in [5.41, 5.74) is 1.73. The Morgan fingerprint density at radius 1 is 1.12 bits per heavy atom. The second kappa shape index (κ2) is 9.13. The van der Waals surface area contributed by atoms with Gasteiger partial charge in [0.15, 0.2) is 5.65 Å². The van der Waals surface area contributed by atoms with Crippen LogP contribution in [0.15, 0.2) is 46.6 Å². The molecule has 0 spiro atoms. The second-order valence-electron chi connectivity index (χ2n) is 8.01. The van der Waals surface area contributed by atoms with E-state index in [-0.39, 0.29) is 11.6 Å². The molecule has 1 aliphatic rings. The number of piperazine rings is 1. The SMILES string of the molecule is O=C(CCCOc1ccc2nc3[nH]c(=O)[nH]c3cc2c1)N1CCN(Cc2cccs2)CC1. The number of pyridine rings is 1. The lowest BCUT2D eigenvalue weighted by Gasteiger charge is -2.34. The quantitative estimate of drug-likeness (QED) is 0.421. The number of hydrogen-bond donors (Lipinski definition) is 2. The molecule has 2 N–H and O–H groups in total. The zero-order valence-corrected chi connectivity index (χ0v) is 18.5. The summed E-state index contributed by atoms with van der Waals surface area (Å²) in [6, 6.07) is 11.8. The van der Waals surface area contributed by atoms with Gasteiger partial charge in [-0.2, -0.15) is 0 Å². The minimum absolute atomic E-state index is 0.200. The van der Waals surface area contributed by atoms with Crippen LogP contribution in [0.25, 0.3) is 22.1 Å². The summed E-state index contributed by atoms with van der Waals surface area (Å²) in [6.45, 7) is 4.87. The van der Waals surface area contributed by atoms with E-state index >= 15 is 0 Å². The molecule has 32 heavy (non-hydrogen) atoms. The van der Waals surface area contributed by atoms with Crippen LogP contribution in [0.1, 0.15) is 17.7 Å². The first-order valence-electron chi connectivity index (χ1n) is 10.8. The second-order valence-corrected chi connectivity index (χ2v) is 9.04. The fraction of sp³-hybridized carbons (Fsp3) is 0.348. The highest BCUT2D eigenvalue weighted by atomic mass is 32.1. The molecule has 1 amide bonds. The van der Waals surface area contributed by atoms with Gasteiger partial charge in [0.25, 0.3) is 0 Å². The Morgan fingerprint density at radius 3 is 2.81 bits per heavy atom. The number of nitrogens with one attached hydrogen (secondary N) is 2. The van der Waals surface area contributed by atoms with Crippen molar-refractivity contribution in [2.45, 2.75) is 19.4 Å². The fourth-order valence-corrected chi connectivity index (χ4v) is 4.79. The maximum absolute atomic E-state index is 12.5. The molecule has 0 aliphatic carbocycles. The normalized spacial score (nSPS) is 14.9. The number of thiophene rings is 1. The molecule has 0 bridgehead atoms. The summed E-state index contributed by atoms with van der Waals surface area (Å²) in [7, 11) is 0. The molecular weight excluding hydrogens is 426 g/mol. The Labute approximate surface area is 188 Å². The van der Waals surface area contributed by atoms with E-state index < -0.39 is 0 Å². The monoisotopic (exact) mass is 451 g/mol. The van der Waals surface area contributed by atoms with Gasteiger partial charge in [-0.1, -0.05) is 6.07 Å². The van der Waals surface area contributed by atoms with Crippen molar-refractivity contribution in [3.8, 4) is 5.75 Å². The molecule has 9 heteroatoms. The standard InChI is InChI=1S/C23H25N5O3S/c29-21(28-9-7-27(8-10-28)15-18-3-2-12-32-18)4-1-11-31-17-5-6-19-16(13-17)14-20-22(24-19)26-23(30)25-20/h2-3,5-6,12-14H,1,4,7-11,15H2,(H2,24,25,26,30). The number of carbonyl (C=O) groups is 1. The average Bonchev–Trinajstić information content (AvgIpc) is 3.43. The van der Waals surface area contributed by atoms with Crippen molar-refractivity contribution in [1.29, 1.82) is 0 Å². The number of ether oxygens (including phenoxy) is 1. The molecule has 1 saturated heterocycles. The number of H-pyrrole nitrogens is 2. The van der Waals surface area contributed by atoms with Gasteiger partial charge in [0.05, 0.1) is 17.6 Å². The Bertz CT molecular complexity index is 1270. The number of aromatic amines is 2. The van der Waals surface area contributed by atoms with Crippen LogP contribution >= 0.6 is 11.3 Å². The van der Waals surface area contributed by atoms with Gasteiger partial charge in [-0.3, -0.25) is 14.7 Å². The van der Waals surface area contributed by atoms with E-state index in [4.69, 9.17) is 4.74 Å². The summed E-state index contributed by atoms with van der Waals surface area (Å²) in [6.07, 6.45) is 1.17. The van der Waals surface area contributed by atoms with Crippen molar-refractivity contribution in [3.05, 3.63) is 57.1 Å². The number of fused-ring (bicyclic) bond motifs is 2. The van der Waals surface area contributed by atoms with Crippen LogP contribution in [0.5, 0.6) is 5.75 Å². The van der Waals surface area contributed by atoms with Gasteiger partial charge >= 0.3 is 5.69 Å². The summed E-state index contributed by atoms with van der Waals surface area (Å²) in [5, 5.41) is 3.00. The van der Waals surface area contributed by atoms with Crippen LogP contribution < -0.4 is 10.4 Å². The molecule has 1 aromatic carbocycles. The van der Waals surface area contributed by atoms with Crippen molar-refractivity contribution < 1.29 is 9.53 Å². The Balaban J connectivity index is 1.08. The number of amides is 1. The van der Waals surface area contributed by atoms with Crippen LogP contribution in [0, 0.1) is 0 Å². The highest BCUT2D eigenvalue weighted by Crippen LogP contribution is 2.22. The highest BCUT2D eigenvalue weighted by molar-refractivity contribution is 7.09. The van der Waals surface area contributed by atoms with E-state index in [0.717, 1.165) is 49.4 Å². The molecule has 4 aromatic rings. The molecule has 0 unspecified atom stereocenters. The predicted octanol–water partition coefficient (Wildman–Crippen LogP) is 2.97. The first kappa shape index (κ1) is 20.7. The lowest BCUT2D eigenvalue weighted by Crippen LogP contribution is -2.48. The molecule has 5 rings (SSSR count). The van der Waals surface area contributed by atoms with E-state index in [1.807, 2.05) is 29.2 Å². The predicted molar refractivity (Wildman–Crippen MR) is 125 cm³/mol. The summed E-state index contributed by atoms with van der Waals surface area (Å²) in [4.78, 5) is 39.6. The molecule has 166 valence electrons. The number of aromatic nitrogens is 3. The average molecular weight is 452 g/mol. The first-order valence-corrected chi connectivity index (χ1v) is 11.7. The van der Waals surface area contributed by atoms with E-state index in [1.165, 1.54) is 4.88 Å². The lowest BCUT2D eigenvalue weighted by atomic mass is 10.2. The van der Waals surface area contributed by atoms with Crippen LogP contribution in [0.3, 0.4) is 0 Å². The summed E-state index contributed by atoms with van der Waals surface area (Å²) >= 11 is 1.78. The van der Waals surface area contributed by atoms with E-state index in [2.05, 4.69) is 37.4 Å². The lowest BCUT2D eigenvalue weighted by molar-refractivity contribution is -0.133. The van der Waals surface area contributed by atoms with Gasteiger partial charge in [0.1, 0.15) is 5.75 Å². The molecule has 0 saturated carbocycles. The van der Waals surface area contributed by atoms with Gasteiger partial charge in [-0.15, -0.1) is 11.3 Å². The number of carbonyl (C=O) groups excluding carboxylic acids is 1. The molecule has 3 aromatic heterocycles. The topological polar surface area (TPSA) is 94.3 Å². The molecule has 0 atom stereocenters.